The molecule has 0 spiro atoms. The van der Waals surface area contributed by atoms with E-state index in [2.05, 4.69) is 10.5 Å². The Morgan fingerprint density at radius 1 is 1.43 bits per heavy atom. The molecule has 0 fully saturated rings. The quantitative estimate of drug-likeness (QED) is 0.593. The first-order chi connectivity index (χ1) is 6.67. The molecule has 1 aromatic carbocycles. The van der Waals surface area contributed by atoms with Crippen molar-refractivity contribution in [2.45, 2.75) is 5.18 Å². The molecule has 1 aromatic rings. The van der Waals surface area contributed by atoms with E-state index in [0.29, 0.717) is 5.17 Å². The van der Waals surface area contributed by atoms with E-state index >= 15 is 0 Å². The number of nitrogens with one attached hydrogen (secondary N) is 1. The highest BCUT2D eigenvalue weighted by Gasteiger charge is 2.35. The van der Waals surface area contributed by atoms with Gasteiger partial charge >= 0.3 is 0 Å². The number of alkyl halides is 1. The van der Waals surface area contributed by atoms with Gasteiger partial charge < -0.3 is 4.74 Å². The average molecular weight is 231 g/mol. The molecule has 5 heteroatoms. The highest BCUT2D eigenvalue weighted by Crippen LogP contribution is 2.33. The van der Waals surface area contributed by atoms with E-state index < -0.39 is 5.18 Å². The van der Waals surface area contributed by atoms with Gasteiger partial charge in [0.25, 0.3) is 5.18 Å². The Hall–Kier alpha value is -0.770. The summed E-state index contributed by atoms with van der Waals surface area (Å²) in [7, 11) is 1.51. The van der Waals surface area contributed by atoms with Crippen LogP contribution >= 0.6 is 23.2 Å². The van der Waals surface area contributed by atoms with Gasteiger partial charge in [-0.05, 0) is 0 Å². The van der Waals surface area contributed by atoms with Crippen LogP contribution in [0.3, 0.4) is 0 Å². The second-order valence-corrected chi connectivity index (χ2v) is 3.75. The maximum atomic E-state index is 6.16. The third-order valence-corrected chi connectivity index (χ3v) is 2.81. The molecule has 0 saturated carbocycles. The lowest BCUT2D eigenvalue weighted by molar-refractivity contribution is 0.0306. The van der Waals surface area contributed by atoms with E-state index in [4.69, 9.17) is 27.9 Å². The minimum Gasteiger partial charge on any atom is -0.341 e. The molecule has 1 heterocycles. The first kappa shape index (κ1) is 9.77. The van der Waals surface area contributed by atoms with Crippen LogP contribution in [-0.4, -0.2) is 12.3 Å². The predicted octanol–water partition coefficient (Wildman–Crippen LogP) is 2.19. The van der Waals surface area contributed by atoms with Crippen molar-refractivity contribution in [2.24, 2.45) is 5.10 Å². The number of halogens is 2. The van der Waals surface area contributed by atoms with Crippen LogP contribution in [0.15, 0.2) is 29.4 Å². The second-order valence-electron chi connectivity index (χ2n) is 2.86. The standard InChI is InChI=1S/C9H8Cl2N2O/c1-14-9(11)7-5-3-2-4-6(7)8(10)12-13-9/h2-5,13H,1H3. The summed E-state index contributed by atoms with van der Waals surface area (Å²) in [6, 6.07) is 7.43. The minimum atomic E-state index is -1.12. The van der Waals surface area contributed by atoms with Crippen LogP contribution in [-0.2, 0) is 9.92 Å². The summed E-state index contributed by atoms with van der Waals surface area (Å²) >= 11 is 12.1. The fourth-order valence-corrected chi connectivity index (χ4v) is 1.75. The van der Waals surface area contributed by atoms with Gasteiger partial charge in [-0.25, -0.2) is 0 Å². The van der Waals surface area contributed by atoms with Crippen molar-refractivity contribution in [1.82, 2.24) is 5.43 Å². The highest BCUT2D eigenvalue weighted by molar-refractivity contribution is 6.70. The van der Waals surface area contributed by atoms with Crippen LogP contribution in [0.4, 0.5) is 0 Å². The van der Waals surface area contributed by atoms with Crippen LogP contribution in [0.25, 0.3) is 0 Å². The number of rotatable bonds is 1. The largest absolute Gasteiger partial charge is 0.341 e. The lowest BCUT2D eigenvalue weighted by Gasteiger charge is -2.30. The molecule has 0 radical (unpaired) electrons. The smallest absolute Gasteiger partial charge is 0.259 e. The summed E-state index contributed by atoms with van der Waals surface area (Å²) < 4.78 is 5.14. The molecule has 0 aliphatic carbocycles. The van der Waals surface area contributed by atoms with Gasteiger partial charge in [-0.2, -0.15) is 5.10 Å². The van der Waals surface area contributed by atoms with Crippen molar-refractivity contribution in [2.75, 3.05) is 7.11 Å². The summed E-state index contributed by atoms with van der Waals surface area (Å²) in [6.45, 7) is 0. The van der Waals surface area contributed by atoms with Gasteiger partial charge in [0.2, 0.25) is 0 Å². The molecule has 14 heavy (non-hydrogen) atoms. The third-order valence-electron chi connectivity index (χ3n) is 2.07. The van der Waals surface area contributed by atoms with Crippen LogP contribution in [0.1, 0.15) is 11.1 Å². The first-order valence-electron chi connectivity index (χ1n) is 4.01. The zero-order chi connectivity index (χ0) is 10.2. The molecule has 1 unspecified atom stereocenters. The van der Waals surface area contributed by atoms with E-state index in [9.17, 15) is 0 Å². The van der Waals surface area contributed by atoms with Gasteiger partial charge in [0.1, 0.15) is 0 Å². The molecule has 1 aliphatic heterocycles. The Bertz CT molecular complexity index is 394. The zero-order valence-corrected chi connectivity index (χ0v) is 8.93. The number of hydrogen-bond donors (Lipinski definition) is 1. The van der Waals surface area contributed by atoms with Gasteiger partial charge in [-0.1, -0.05) is 47.5 Å². The normalized spacial score (nSPS) is 24.9. The topological polar surface area (TPSA) is 33.6 Å². The van der Waals surface area contributed by atoms with Crippen molar-refractivity contribution < 1.29 is 4.74 Å². The van der Waals surface area contributed by atoms with Crippen molar-refractivity contribution in [3.63, 3.8) is 0 Å². The summed E-state index contributed by atoms with van der Waals surface area (Å²) in [4.78, 5) is 0. The summed E-state index contributed by atoms with van der Waals surface area (Å²) in [5.74, 6) is 0. The molecule has 1 N–H and O–H groups in total. The molecule has 1 aliphatic rings. The number of ether oxygens (including phenoxy) is 1. The summed E-state index contributed by atoms with van der Waals surface area (Å²) in [5, 5.41) is 3.14. The average Bonchev–Trinajstić information content (AvgIpc) is 2.24. The summed E-state index contributed by atoms with van der Waals surface area (Å²) in [5.41, 5.74) is 4.20. The number of benzene rings is 1. The Balaban J connectivity index is 2.60. The van der Waals surface area contributed by atoms with E-state index in [-0.39, 0.29) is 0 Å². The van der Waals surface area contributed by atoms with Crippen molar-refractivity contribution >= 4 is 28.4 Å². The lowest BCUT2D eigenvalue weighted by Crippen LogP contribution is -2.40. The number of fused-ring (bicyclic) bond motifs is 1. The highest BCUT2D eigenvalue weighted by atomic mass is 35.5. The van der Waals surface area contributed by atoms with Crippen LogP contribution in [0, 0.1) is 0 Å². The third kappa shape index (κ3) is 1.38. The minimum absolute atomic E-state index is 0.383. The molecular weight excluding hydrogens is 223 g/mol. The Labute approximate surface area is 91.7 Å². The van der Waals surface area contributed by atoms with E-state index in [0.717, 1.165) is 11.1 Å². The van der Waals surface area contributed by atoms with E-state index in [1.165, 1.54) is 7.11 Å². The van der Waals surface area contributed by atoms with Crippen LogP contribution < -0.4 is 5.43 Å². The SMILES string of the molecule is COC1(Cl)NN=C(Cl)c2ccccc21. The molecular formula is C9H8Cl2N2O. The van der Waals surface area contributed by atoms with Crippen molar-refractivity contribution in [3.8, 4) is 0 Å². The predicted molar refractivity (Wildman–Crippen MR) is 56.5 cm³/mol. The molecule has 2 rings (SSSR count). The summed E-state index contributed by atoms with van der Waals surface area (Å²) in [6.07, 6.45) is 0. The van der Waals surface area contributed by atoms with E-state index in [1.54, 1.807) is 0 Å². The second kappa shape index (κ2) is 3.42. The lowest BCUT2D eigenvalue weighted by atomic mass is 10.1. The molecule has 3 nitrogen and oxygen atoms in total. The van der Waals surface area contributed by atoms with Crippen LogP contribution in [0.5, 0.6) is 0 Å². The Morgan fingerprint density at radius 2 is 2.14 bits per heavy atom. The molecule has 0 saturated heterocycles. The number of hydrazone groups is 1. The van der Waals surface area contributed by atoms with Gasteiger partial charge in [-0.15, -0.1) is 0 Å². The molecule has 74 valence electrons. The maximum absolute atomic E-state index is 6.16. The Kier molecular flexibility index (Phi) is 2.39. The Morgan fingerprint density at radius 3 is 2.86 bits per heavy atom. The monoisotopic (exact) mass is 230 g/mol. The molecule has 0 bridgehead atoms. The fraction of sp³-hybridized carbons (Fsp3) is 0.222. The van der Waals surface area contributed by atoms with Gasteiger partial charge in [0, 0.05) is 18.2 Å². The number of methoxy groups -OCH3 is 1. The maximum Gasteiger partial charge on any atom is 0.259 e. The van der Waals surface area contributed by atoms with Crippen molar-refractivity contribution in [3.05, 3.63) is 35.4 Å². The molecule has 1 atom stereocenters. The fourth-order valence-electron chi connectivity index (χ4n) is 1.34. The van der Waals surface area contributed by atoms with Gasteiger partial charge in [0.15, 0.2) is 5.17 Å². The molecule has 0 aromatic heterocycles. The zero-order valence-electron chi connectivity index (χ0n) is 7.42. The number of nitrogens with zero attached hydrogens (tertiary/aromatic N) is 1. The first-order valence-corrected chi connectivity index (χ1v) is 4.77. The molecule has 0 amide bonds. The van der Waals surface area contributed by atoms with E-state index in [1.807, 2.05) is 24.3 Å². The van der Waals surface area contributed by atoms with Crippen molar-refractivity contribution in [1.29, 1.82) is 0 Å². The number of hydrogen-bond acceptors (Lipinski definition) is 3. The van der Waals surface area contributed by atoms with Crippen LogP contribution in [0.2, 0.25) is 0 Å². The van der Waals surface area contributed by atoms with Gasteiger partial charge in [0.05, 0.1) is 0 Å². The van der Waals surface area contributed by atoms with Gasteiger partial charge in [-0.3, -0.25) is 5.43 Å².